The third kappa shape index (κ3) is 3.62. The highest BCUT2D eigenvalue weighted by molar-refractivity contribution is 6.02. The molecule has 0 radical (unpaired) electrons. The van der Waals surface area contributed by atoms with E-state index in [2.05, 4.69) is 5.32 Å². The second kappa shape index (κ2) is 6.92. The van der Waals surface area contributed by atoms with E-state index in [-0.39, 0.29) is 36.7 Å². The summed E-state index contributed by atoms with van der Waals surface area (Å²) in [5, 5.41) is 2.46. The molecule has 8 heteroatoms. The number of carbonyl (C=O) groups is 4. The maximum atomic E-state index is 12.7. The molecule has 8 nitrogen and oxygen atoms in total. The summed E-state index contributed by atoms with van der Waals surface area (Å²) in [6.45, 7) is 1.03. The van der Waals surface area contributed by atoms with Gasteiger partial charge in [0, 0.05) is 18.7 Å². The molecule has 0 bridgehead atoms. The van der Waals surface area contributed by atoms with E-state index in [1.165, 1.54) is 0 Å². The number of urea groups is 1. The van der Waals surface area contributed by atoms with E-state index in [4.69, 9.17) is 5.73 Å². The molecule has 2 heterocycles. The Balaban J connectivity index is 1.72. The van der Waals surface area contributed by atoms with Gasteiger partial charge in [0.25, 0.3) is 5.91 Å². The van der Waals surface area contributed by atoms with Crippen molar-refractivity contribution in [3.63, 3.8) is 0 Å². The number of nitrogens with one attached hydrogen (secondary N) is 1. The highest BCUT2D eigenvalue weighted by Gasteiger charge is 2.29. The molecule has 1 atom stereocenters. The number of primary amides is 1. The fraction of sp³-hybridized carbons (Fsp3) is 0.412. The topological polar surface area (TPSA) is 113 Å². The Morgan fingerprint density at radius 2 is 2.08 bits per heavy atom. The van der Waals surface area contributed by atoms with Gasteiger partial charge in [-0.3, -0.25) is 19.3 Å². The minimum Gasteiger partial charge on any atom is -0.369 e. The van der Waals surface area contributed by atoms with Gasteiger partial charge in [-0.25, -0.2) is 4.79 Å². The van der Waals surface area contributed by atoms with Gasteiger partial charge in [0.2, 0.25) is 11.8 Å². The molecule has 3 rings (SSSR count). The summed E-state index contributed by atoms with van der Waals surface area (Å²) in [5.41, 5.74) is 6.52. The van der Waals surface area contributed by atoms with E-state index in [0.717, 1.165) is 11.3 Å². The molecule has 0 aliphatic carbocycles. The average Bonchev–Trinajstić information content (AvgIpc) is 2.93. The first kappa shape index (κ1) is 16.9. The van der Waals surface area contributed by atoms with Crippen LogP contribution in [0.1, 0.15) is 28.8 Å². The Kier molecular flexibility index (Phi) is 4.69. The quantitative estimate of drug-likeness (QED) is 0.753. The van der Waals surface area contributed by atoms with Crippen molar-refractivity contribution in [1.29, 1.82) is 0 Å². The molecular formula is C17H20N4O4. The van der Waals surface area contributed by atoms with Crippen LogP contribution in [0.3, 0.4) is 0 Å². The van der Waals surface area contributed by atoms with Gasteiger partial charge in [-0.05, 0) is 30.5 Å². The molecule has 0 aromatic heterocycles. The lowest BCUT2D eigenvalue weighted by Gasteiger charge is -2.31. The smallest absolute Gasteiger partial charge is 0.324 e. The summed E-state index contributed by atoms with van der Waals surface area (Å²) >= 11 is 0. The van der Waals surface area contributed by atoms with Crippen molar-refractivity contribution in [3.8, 4) is 0 Å². The number of likely N-dealkylation sites (tertiary alicyclic amines) is 1. The Labute approximate surface area is 144 Å². The Bertz CT molecular complexity index is 717. The first-order valence-corrected chi connectivity index (χ1v) is 8.21. The zero-order valence-corrected chi connectivity index (χ0v) is 13.7. The summed E-state index contributed by atoms with van der Waals surface area (Å²) in [6, 6.07) is 6.41. The predicted molar refractivity (Wildman–Crippen MR) is 88.2 cm³/mol. The van der Waals surface area contributed by atoms with Crippen LogP contribution in [0, 0.1) is 5.92 Å². The molecule has 2 saturated heterocycles. The normalized spacial score (nSPS) is 20.6. The monoisotopic (exact) mass is 344 g/mol. The Morgan fingerprint density at radius 3 is 2.76 bits per heavy atom. The molecule has 2 fully saturated rings. The lowest BCUT2D eigenvalue weighted by Crippen LogP contribution is -2.44. The average molecular weight is 344 g/mol. The molecular weight excluding hydrogens is 324 g/mol. The van der Waals surface area contributed by atoms with Crippen molar-refractivity contribution in [2.24, 2.45) is 11.7 Å². The summed E-state index contributed by atoms with van der Waals surface area (Å²) in [4.78, 5) is 50.1. The van der Waals surface area contributed by atoms with Crippen LogP contribution >= 0.6 is 0 Å². The zero-order valence-electron chi connectivity index (χ0n) is 13.7. The largest absolute Gasteiger partial charge is 0.369 e. The van der Waals surface area contributed by atoms with E-state index < -0.39 is 6.03 Å². The van der Waals surface area contributed by atoms with Crippen LogP contribution in [0.2, 0.25) is 0 Å². The first-order valence-electron chi connectivity index (χ1n) is 8.21. The van der Waals surface area contributed by atoms with E-state index >= 15 is 0 Å². The van der Waals surface area contributed by atoms with Crippen LogP contribution in [0.15, 0.2) is 24.3 Å². The van der Waals surface area contributed by atoms with Crippen molar-refractivity contribution >= 4 is 23.8 Å². The summed E-state index contributed by atoms with van der Waals surface area (Å²) in [5.74, 6) is -1.16. The highest BCUT2D eigenvalue weighted by atomic mass is 16.2. The molecule has 1 aromatic rings. The van der Waals surface area contributed by atoms with Gasteiger partial charge in [-0.2, -0.15) is 0 Å². The van der Waals surface area contributed by atoms with Crippen LogP contribution in [-0.4, -0.2) is 53.2 Å². The van der Waals surface area contributed by atoms with E-state index in [1.54, 1.807) is 29.2 Å². The minimum absolute atomic E-state index is 0.000260. The van der Waals surface area contributed by atoms with Gasteiger partial charge in [0.05, 0.1) is 19.0 Å². The summed E-state index contributed by atoms with van der Waals surface area (Å²) in [7, 11) is 0. The number of benzene rings is 1. The molecule has 0 saturated carbocycles. The minimum atomic E-state index is -0.429. The van der Waals surface area contributed by atoms with Crippen molar-refractivity contribution < 1.29 is 19.2 Å². The SMILES string of the molecule is NC(=O)C1CCCN(C(=O)c2cccc(CN3C(=O)CNC3=O)c2)C1. The lowest BCUT2D eigenvalue weighted by atomic mass is 9.96. The number of piperidine rings is 1. The van der Waals surface area contributed by atoms with Gasteiger partial charge in [0.15, 0.2) is 0 Å². The number of nitrogens with zero attached hydrogens (tertiary/aromatic N) is 2. The number of amides is 5. The van der Waals surface area contributed by atoms with Gasteiger partial charge in [-0.15, -0.1) is 0 Å². The number of carbonyl (C=O) groups excluding carboxylic acids is 4. The first-order chi connectivity index (χ1) is 12.0. The predicted octanol–water partition coefficient (Wildman–Crippen LogP) is 0.0759. The van der Waals surface area contributed by atoms with Crippen molar-refractivity contribution in [1.82, 2.24) is 15.1 Å². The van der Waals surface area contributed by atoms with Gasteiger partial charge < -0.3 is 16.0 Å². The number of nitrogens with two attached hydrogens (primary N) is 1. The number of hydrogen-bond acceptors (Lipinski definition) is 4. The second-order valence-corrected chi connectivity index (χ2v) is 6.33. The fourth-order valence-corrected chi connectivity index (χ4v) is 3.18. The van der Waals surface area contributed by atoms with Crippen molar-refractivity contribution in [2.45, 2.75) is 19.4 Å². The molecule has 2 aliphatic heterocycles. The van der Waals surface area contributed by atoms with Crippen molar-refractivity contribution in [2.75, 3.05) is 19.6 Å². The van der Waals surface area contributed by atoms with E-state index in [9.17, 15) is 19.2 Å². The molecule has 3 N–H and O–H groups in total. The van der Waals surface area contributed by atoms with Gasteiger partial charge >= 0.3 is 6.03 Å². The number of imide groups is 1. The van der Waals surface area contributed by atoms with Crippen LogP contribution in [0.4, 0.5) is 4.79 Å². The lowest BCUT2D eigenvalue weighted by molar-refractivity contribution is -0.125. The van der Waals surface area contributed by atoms with Crippen LogP contribution in [-0.2, 0) is 16.1 Å². The molecule has 5 amide bonds. The highest BCUT2D eigenvalue weighted by Crippen LogP contribution is 2.19. The summed E-state index contributed by atoms with van der Waals surface area (Å²) < 4.78 is 0. The van der Waals surface area contributed by atoms with E-state index in [0.29, 0.717) is 30.6 Å². The van der Waals surface area contributed by atoms with Crippen LogP contribution in [0.25, 0.3) is 0 Å². The number of rotatable bonds is 4. The third-order valence-corrected chi connectivity index (χ3v) is 4.56. The maximum Gasteiger partial charge on any atom is 0.324 e. The second-order valence-electron chi connectivity index (χ2n) is 6.33. The van der Waals surface area contributed by atoms with Gasteiger partial charge in [0.1, 0.15) is 0 Å². The van der Waals surface area contributed by atoms with Crippen LogP contribution < -0.4 is 11.1 Å². The molecule has 25 heavy (non-hydrogen) atoms. The fourth-order valence-electron chi connectivity index (χ4n) is 3.18. The molecule has 1 aromatic carbocycles. The maximum absolute atomic E-state index is 12.7. The zero-order chi connectivity index (χ0) is 18.0. The summed E-state index contributed by atoms with van der Waals surface area (Å²) in [6.07, 6.45) is 1.44. The van der Waals surface area contributed by atoms with E-state index in [1.807, 2.05) is 0 Å². The Hall–Kier alpha value is -2.90. The van der Waals surface area contributed by atoms with Crippen LogP contribution in [0.5, 0.6) is 0 Å². The van der Waals surface area contributed by atoms with Gasteiger partial charge in [-0.1, -0.05) is 12.1 Å². The van der Waals surface area contributed by atoms with Crippen molar-refractivity contribution in [3.05, 3.63) is 35.4 Å². The standard InChI is InChI=1S/C17H20N4O4/c18-15(23)13-5-2-6-20(10-13)16(24)12-4-1-3-11(7-12)9-21-14(22)8-19-17(21)25/h1,3-4,7,13H,2,5-6,8-10H2,(H2,18,23)(H,19,25). The molecule has 1 unspecified atom stereocenters. The molecule has 2 aliphatic rings. The molecule has 132 valence electrons. The number of hydrogen-bond donors (Lipinski definition) is 2. The third-order valence-electron chi connectivity index (χ3n) is 4.56. The Morgan fingerprint density at radius 1 is 1.28 bits per heavy atom. The molecule has 0 spiro atoms.